The predicted octanol–water partition coefficient (Wildman–Crippen LogP) is 5.06. The van der Waals surface area contributed by atoms with Crippen LogP contribution in [-0.2, 0) is 4.74 Å². The minimum atomic E-state index is 0.0413. The first-order valence-corrected chi connectivity index (χ1v) is 9.34. The largest absolute Gasteiger partial charge is 0.363 e. The number of benzene rings is 2. The van der Waals surface area contributed by atoms with Crippen molar-refractivity contribution in [1.82, 2.24) is 4.90 Å². The molecule has 2 aromatic carbocycles. The van der Waals surface area contributed by atoms with Gasteiger partial charge in [0, 0.05) is 13.1 Å². The van der Waals surface area contributed by atoms with Crippen molar-refractivity contribution in [3.8, 4) is 0 Å². The van der Waals surface area contributed by atoms with Gasteiger partial charge >= 0.3 is 0 Å². The highest BCUT2D eigenvalue weighted by molar-refractivity contribution is 5.30. The highest BCUT2D eigenvalue weighted by atomic mass is 16.5. The quantitative estimate of drug-likeness (QED) is 0.598. The standard InChI is InChI=1S/C22H29NO/c1-2-3-4-11-16-23-17-21(18-23)24-22(19-12-7-5-8-13-19)20-14-9-6-10-15-20/h5-10,12-15,21-22H,2-4,11,16-18H2,1H3. The second-order valence-electron chi connectivity index (χ2n) is 6.78. The zero-order chi connectivity index (χ0) is 16.6. The minimum absolute atomic E-state index is 0.0413. The third kappa shape index (κ3) is 4.68. The highest BCUT2D eigenvalue weighted by Crippen LogP contribution is 2.29. The van der Waals surface area contributed by atoms with Crippen molar-refractivity contribution in [2.75, 3.05) is 19.6 Å². The van der Waals surface area contributed by atoms with E-state index in [1.54, 1.807) is 0 Å². The van der Waals surface area contributed by atoms with Gasteiger partial charge in [-0.15, -0.1) is 0 Å². The predicted molar refractivity (Wildman–Crippen MR) is 100 cm³/mol. The van der Waals surface area contributed by atoms with Gasteiger partial charge in [0.1, 0.15) is 6.10 Å². The fourth-order valence-electron chi connectivity index (χ4n) is 3.35. The highest BCUT2D eigenvalue weighted by Gasteiger charge is 2.30. The van der Waals surface area contributed by atoms with E-state index in [2.05, 4.69) is 72.5 Å². The monoisotopic (exact) mass is 323 g/mol. The summed E-state index contributed by atoms with van der Waals surface area (Å²) in [6.07, 6.45) is 5.73. The van der Waals surface area contributed by atoms with Crippen LogP contribution in [0.4, 0.5) is 0 Å². The molecule has 0 radical (unpaired) electrons. The molecule has 0 spiro atoms. The SMILES string of the molecule is CCCCCCN1CC(OC(c2ccccc2)c2ccccc2)C1. The molecule has 0 saturated carbocycles. The van der Waals surface area contributed by atoms with E-state index in [4.69, 9.17) is 4.74 Å². The third-order valence-corrected chi connectivity index (χ3v) is 4.78. The molecule has 1 fully saturated rings. The number of rotatable bonds is 9. The van der Waals surface area contributed by atoms with Gasteiger partial charge < -0.3 is 4.74 Å². The van der Waals surface area contributed by atoms with Gasteiger partial charge in [-0.05, 0) is 24.1 Å². The summed E-state index contributed by atoms with van der Waals surface area (Å²) >= 11 is 0. The molecule has 128 valence electrons. The second kappa shape index (κ2) is 9.00. The fraction of sp³-hybridized carbons (Fsp3) is 0.455. The first-order valence-electron chi connectivity index (χ1n) is 9.34. The Morgan fingerprint density at radius 3 is 2.00 bits per heavy atom. The average Bonchev–Trinajstić information content (AvgIpc) is 2.61. The van der Waals surface area contributed by atoms with Crippen LogP contribution in [0.2, 0.25) is 0 Å². The maximum Gasteiger partial charge on any atom is 0.108 e. The number of unbranched alkanes of at least 4 members (excludes halogenated alkanes) is 3. The normalized spacial score (nSPS) is 15.6. The van der Waals surface area contributed by atoms with Crippen LogP contribution >= 0.6 is 0 Å². The molecule has 0 bridgehead atoms. The molecule has 2 nitrogen and oxygen atoms in total. The van der Waals surface area contributed by atoms with Crippen molar-refractivity contribution in [3.63, 3.8) is 0 Å². The molecule has 3 rings (SSSR count). The van der Waals surface area contributed by atoms with Crippen LogP contribution in [0.1, 0.15) is 49.8 Å². The van der Waals surface area contributed by atoms with E-state index in [9.17, 15) is 0 Å². The van der Waals surface area contributed by atoms with Crippen LogP contribution in [0.3, 0.4) is 0 Å². The second-order valence-corrected chi connectivity index (χ2v) is 6.78. The van der Waals surface area contributed by atoms with Crippen LogP contribution < -0.4 is 0 Å². The number of ether oxygens (including phenoxy) is 1. The summed E-state index contributed by atoms with van der Waals surface area (Å²) in [6.45, 7) is 5.63. The van der Waals surface area contributed by atoms with Gasteiger partial charge in [-0.25, -0.2) is 0 Å². The summed E-state index contributed by atoms with van der Waals surface area (Å²) in [5, 5.41) is 0. The molecule has 0 aromatic heterocycles. The number of hydrogen-bond acceptors (Lipinski definition) is 2. The molecule has 1 saturated heterocycles. The number of nitrogens with zero attached hydrogens (tertiary/aromatic N) is 1. The van der Waals surface area contributed by atoms with Gasteiger partial charge in [-0.3, -0.25) is 4.90 Å². The molecule has 2 heteroatoms. The lowest BCUT2D eigenvalue weighted by atomic mass is 10.0. The van der Waals surface area contributed by atoms with Gasteiger partial charge in [0.05, 0.1) is 6.10 Å². The summed E-state index contributed by atoms with van der Waals surface area (Å²) in [5.41, 5.74) is 2.48. The van der Waals surface area contributed by atoms with Gasteiger partial charge in [-0.2, -0.15) is 0 Å². The van der Waals surface area contributed by atoms with Crippen LogP contribution in [0.25, 0.3) is 0 Å². The fourth-order valence-corrected chi connectivity index (χ4v) is 3.35. The molecule has 0 N–H and O–H groups in total. The minimum Gasteiger partial charge on any atom is -0.363 e. The lowest BCUT2D eigenvalue weighted by Crippen LogP contribution is -2.52. The first-order chi connectivity index (χ1) is 11.9. The molecular formula is C22H29NO. The Balaban J connectivity index is 1.55. The number of hydrogen-bond donors (Lipinski definition) is 0. The summed E-state index contributed by atoms with van der Waals surface area (Å²) in [6, 6.07) is 21.2. The van der Waals surface area contributed by atoms with Crippen LogP contribution in [0.15, 0.2) is 60.7 Å². The Labute approximate surface area is 146 Å². The molecular weight excluding hydrogens is 294 g/mol. The maximum absolute atomic E-state index is 6.47. The Morgan fingerprint density at radius 1 is 0.875 bits per heavy atom. The van der Waals surface area contributed by atoms with E-state index in [0.717, 1.165) is 13.1 Å². The van der Waals surface area contributed by atoms with Crippen molar-refractivity contribution in [2.45, 2.75) is 44.8 Å². The zero-order valence-corrected chi connectivity index (χ0v) is 14.7. The Kier molecular flexibility index (Phi) is 6.45. The zero-order valence-electron chi connectivity index (χ0n) is 14.7. The molecule has 0 unspecified atom stereocenters. The van der Waals surface area contributed by atoms with Crippen molar-refractivity contribution in [3.05, 3.63) is 71.8 Å². The molecule has 2 aromatic rings. The van der Waals surface area contributed by atoms with E-state index < -0.39 is 0 Å². The smallest absolute Gasteiger partial charge is 0.108 e. The molecule has 0 aliphatic carbocycles. The van der Waals surface area contributed by atoms with Gasteiger partial charge in [0.2, 0.25) is 0 Å². The molecule has 0 amide bonds. The van der Waals surface area contributed by atoms with E-state index in [1.165, 1.54) is 43.4 Å². The summed E-state index contributed by atoms with van der Waals surface area (Å²) in [4.78, 5) is 2.52. The maximum atomic E-state index is 6.47. The summed E-state index contributed by atoms with van der Waals surface area (Å²) in [5.74, 6) is 0. The lowest BCUT2D eigenvalue weighted by Gasteiger charge is -2.41. The Bertz CT molecular complexity index is 538. The third-order valence-electron chi connectivity index (χ3n) is 4.78. The van der Waals surface area contributed by atoms with Gasteiger partial charge in [-0.1, -0.05) is 86.8 Å². The van der Waals surface area contributed by atoms with Crippen LogP contribution in [0, 0.1) is 0 Å². The van der Waals surface area contributed by atoms with E-state index in [0.29, 0.717) is 6.10 Å². The van der Waals surface area contributed by atoms with Crippen LogP contribution in [-0.4, -0.2) is 30.6 Å². The van der Waals surface area contributed by atoms with Crippen molar-refractivity contribution in [1.29, 1.82) is 0 Å². The van der Waals surface area contributed by atoms with E-state index in [1.807, 2.05) is 0 Å². The number of likely N-dealkylation sites (tertiary alicyclic amines) is 1. The van der Waals surface area contributed by atoms with E-state index >= 15 is 0 Å². The van der Waals surface area contributed by atoms with Crippen molar-refractivity contribution < 1.29 is 4.74 Å². The van der Waals surface area contributed by atoms with Gasteiger partial charge in [0.15, 0.2) is 0 Å². The summed E-state index contributed by atoms with van der Waals surface area (Å²) in [7, 11) is 0. The Hall–Kier alpha value is -1.64. The van der Waals surface area contributed by atoms with Gasteiger partial charge in [0.25, 0.3) is 0 Å². The first kappa shape index (κ1) is 17.2. The molecule has 1 aliphatic heterocycles. The molecule has 1 aliphatic rings. The van der Waals surface area contributed by atoms with Crippen molar-refractivity contribution >= 4 is 0 Å². The molecule has 0 atom stereocenters. The van der Waals surface area contributed by atoms with Crippen molar-refractivity contribution in [2.24, 2.45) is 0 Å². The molecule has 24 heavy (non-hydrogen) atoms. The molecule has 1 heterocycles. The van der Waals surface area contributed by atoms with Crippen LogP contribution in [0.5, 0.6) is 0 Å². The summed E-state index contributed by atoms with van der Waals surface area (Å²) < 4.78 is 6.47. The van der Waals surface area contributed by atoms with E-state index in [-0.39, 0.29) is 6.10 Å². The Morgan fingerprint density at radius 2 is 1.46 bits per heavy atom. The topological polar surface area (TPSA) is 12.5 Å². The average molecular weight is 323 g/mol. The lowest BCUT2D eigenvalue weighted by molar-refractivity contribution is -0.0811.